The maximum atomic E-state index is 12.8. The van der Waals surface area contributed by atoms with Crippen molar-refractivity contribution in [2.24, 2.45) is 7.05 Å². The molecule has 4 heterocycles. The van der Waals surface area contributed by atoms with E-state index in [1.54, 1.807) is 10.8 Å². The summed E-state index contributed by atoms with van der Waals surface area (Å²) in [6.07, 6.45) is 7.52. The number of hydrogen-bond donors (Lipinski definition) is 0. The fraction of sp³-hybridized carbons (Fsp3) is 0.333. The Morgan fingerprint density at radius 1 is 1.18 bits per heavy atom. The van der Waals surface area contributed by atoms with Crippen molar-refractivity contribution in [3.05, 3.63) is 70.0 Å². The Morgan fingerprint density at radius 2 is 1.93 bits per heavy atom. The summed E-state index contributed by atoms with van der Waals surface area (Å²) in [6.45, 7) is 2.71. The van der Waals surface area contributed by atoms with E-state index in [2.05, 4.69) is 9.88 Å². The molecule has 28 heavy (non-hydrogen) atoms. The van der Waals surface area contributed by atoms with Gasteiger partial charge in [0.15, 0.2) is 0 Å². The quantitative estimate of drug-likeness (QED) is 0.533. The highest BCUT2D eigenvalue weighted by atomic mass is 35.5. The molecule has 5 rings (SSSR count). The largest absolute Gasteiger partial charge is 0.329 e. The van der Waals surface area contributed by atoms with E-state index in [1.165, 1.54) is 0 Å². The zero-order chi connectivity index (χ0) is 19.3. The summed E-state index contributed by atoms with van der Waals surface area (Å²) < 4.78 is 5.71. The number of aryl methyl sites for hydroxylation is 1. The van der Waals surface area contributed by atoms with Crippen molar-refractivity contribution < 1.29 is 0 Å². The van der Waals surface area contributed by atoms with Gasteiger partial charge in [0.1, 0.15) is 5.65 Å². The van der Waals surface area contributed by atoms with Crippen LogP contribution in [-0.4, -0.2) is 36.5 Å². The molecule has 0 aliphatic carbocycles. The summed E-state index contributed by atoms with van der Waals surface area (Å²) >= 11 is 6.27. The molecule has 0 N–H and O–H groups in total. The molecule has 0 spiro atoms. The minimum Gasteiger partial charge on any atom is -0.305 e. The summed E-state index contributed by atoms with van der Waals surface area (Å²) in [7, 11) is 1.85. The molecule has 1 aliphatic heterocycles. The Morgan fingerprint density at radius 3 is 2.71 bits per heavy atom. The van der Waals surface area contributed by atoms with E-state index in [0.29, 0.717) is 0 Å². The number of nitrogens with zero attached hydrogens (tertiary/aromatic N) is 5. The predicted molar refractivity (Wildman–Crippen MR) is 111 cm³/mol. The summed E-state index contributed by atoms with van der Waals surface area (Å²) in [4.78, 5) is 19.7. The Hall–Kier alpha value is -2.57. The molecule has 7 heteroatoms. The predicted octanol–water partition coefficient (Wildman–Crippen LogP) is 3.48. The molecule has 0 unspecified atom stereocenters. The lowest BCUT2D eigenvalue weighted by molar-refractivity contribution is 0.180. The van der Waals surface area contributed by atoms with Gasteiger partial charge in [-0.2, -0.15) is 0 Å². The third-order valence-corrected chi connectivity index (χ3v) is 6.05. The topological polar surface area (TPSA) is 47.5 Å². The molecular weight excluding hydrogens is 374 g/mol. The molecule has 0 saturated carbocycles. The summed E-state index contributed by atoms with van der Waals surface area (Å²) in [5.74, 6) is 0. The molecule has 144 valence electrons. The molecule has 0 amide bonds. The zero-order valence-electron chi connectivity index (χ0n) is 15.8. The number of benzene rings is 1. The number of rotatable bonds is 3. The molecule has 1 saturated heterocycles. The molecular formula is C21H22ClN5O. The highest BCUT2D eigenvalue weighted by molar-refractivity contribution is 6.30. The van der Waals surface area contributed by atoms with Crippen molar-refractivity contribution in [1.29, 1.82) is 0 Å². The summed E-state index contributed by atoms with van der Waals surface area (Å²) in [5, 5.41) is 0.720. The molecule has 0 bridgehead atoms. The van der Waals surface area contributed by atoms with Gasteiger partial charge in [0.2, 0.25) is 0 Å². The normalized spacial score (nSPS) is 16.4. The molecule has 4 aromatic rings. The van der Waals surface area contributed by atoms with E-state index in [9.17, 15) is 4.79 Å². The minimum atomic E-state index is 0.0774. The fourth-order valence-corrected chi connectivity index (χ4v) is 4.67. The van der Waals surface area contributed by atoms with Gasteiger partial charge in [-0.15, -0.1) is 0 Å². The first-order valence-corrected chi connectivity index (χ1v) is 9.99. The number of aromatic nitrogens is 4. The molecule has 0 radical (unpaired) electrons. The Kier molecular flexibility index (Phi) is 4.25. The highest BCUT2D eigenvalue weighted by Crippen LogP contribution is 2.27. The lowest BCUT2D eigenvalue weighted by Crippen LogP contribution is -2.37. The second-order valence-corrected chi connectivity index (χ2v) is 7.99. The van der Waals surface area contributed by atoms with E-state index >= 15 is 0 Å². The summed E-state index contributed by atoms with van der Waals surface area (Å²) in [5.41, 5.74) is 4.20. The van der Waals surface area contributed by atoms with Crippen LogP contribution in [0, 0.1) is 0 Å². The van der Waals surface area contributed by atoms with Gasteiger partial charge >= 0.3 is 5.69 Å². The Labute approximate surface area is 167 Å². The second-order valence-electron chi connectivity index (χ2n) is 7.55. The van der Waals surface area contributed by atoms with Crippen molar-refractivity contribution >= 4 is 28.3 Å². The first kappa shape index (κ1) is 17.5. The summed E-state index contributed by atoms with van der Waals surface area (Å²) in [6, 6.07) is 10.3. The monoisotopic (exact) mass is 395 g/mol. The molecule has 0 atom stereocenters. The van der Waals surface area contributed by atoms with Gasteiger partial charge in [-0.05, 0) is 31.0 Å². The van der Waals surface area contributed by atoms with Crippen molar-refractivity contribution in [1.82, 2.24) is 23.4 Å². The van der Waals surface area contributed by atoms with Crippen LogP contribution >= 0.6 is 11.6 Å². The first-order chi connectivity index (χ1) is 13.6. The van der Waals surface area contributed by atoms with Gasteiger partial charge in [0.25, 0.3) is 0 Å². The average molecular weight is 396 g/mol. The third-order valence-electron chi connectivity index (χ3n) is 5.84. The standard InChI is InChI=1S/C21H22ClN5O/c1-24-18-4-2-3-5-19(18)27(21(24)28)17-6-9-25(10-7-17)13-15-12-16(22)14-26-11-8-23-20(15)26/h2-5,8,11-12,14,17H,6-7,9-10,13H2,1H3. The molecule has 1 aliphatic rings. The van der Waals surface area contributed by atoms with Gasteiger partial charge < -0.3 is 4.40 Å². The van der Waals surface area contributed by atoms with Gasteiger partial charge in [-0.25, -0.2) is 9.78 Å². The van der Waals surface area contributed by atoms with E-state index in [1.807, 2.05) is 58.7 Å². The van der Waals surface area contributed by atoms with Crippen LogP contribution in [0.15, 0.2) is 53.7 Å². The van der Waals surface area contributed by atoms with Crippen LogP contribution in [0.25, 0.3) is 16.7 Å². The number of halogens is 1. The van der Waals surface area contributed by atoms with Crippen molar-refractivity contribution in [3.8, 4) is 0 Å². The van der Waals surface area contributed by atoms with Crippen LogP contribution in [0.1, 0.15) is 24.4 Å². The van der Waals surface area contributed by atoms with E-state index in [0.717, 1.165) is 59.7 Å². The number of pyridine rings is 1. The van der Waals surface area contributed by atoms with Crippen molar-refractivity contribution in [2.75, 3.05) is 13.1 Å². The van der Waals surface area contributed by atoms with Crippen LogP contribution in [0.5, 0.6) is 0 Å². The zero-order valence-corrected chi connectivity index (χ0v) is 16.5. The number of imidazole rings is 2. The molecule has 6 nitrogen and oxygen atoms in total. The maximum Gasteiger partial charge on any atom is 0.329 e. The number of para-hydroxylation sites is 2. The van der Waals surface area contributed by atoms with Crippen LogP contribution in [0.2, 0.25) is 5.02 Å². The number of hydrogen-bond acceptors (Lipinski definition) is 3. The smallest absolute Gasteiger partial charge is 0.305 e. The average Bonchev–Trinajstić information content (AvgIpc) is 3.26. The molecule has 1 fully saturated rings. The van der Waals surface area contributed by atoms with Crippen LogP contribution in [0.3, 0.4) is 0 Å². The van der Waals surface area contributed by atoms with Gasteiger partial charge in [-0.1, -0.05) is 23.7 Å². The maximum absolute atomic E-state index is 12.8. The van der Waals surface area contributed by atoms with Crippen LogP contribution < -0.4 is 5.69 Å². The van der Waals surface area contributed by atoms with E-state index in [4.69, 9.17) is 11.6 Å². The van der Waals surface area contributed by atoms with Crippen molar-refractivity contribution in [2.45, 2.75) is 25.4 Å². The van der Waals surface area contributed by atoms with Gasteiger partial charge in [0, 0.05) is 56.9 Å². The van der Waals surface area contributed by atoms with E-state index in [-0.39, 0.29) is 11.7 Å². The lowest BCUT2D eigenvalue weighted by atomic mass is 10.0. The van der Waals surface area contributed by atoms with Crippen molar-refractivity contribution in [3.63, 3.8) is 0 Å². The SMILES string of the molecule is Cn1c(=O)n(C2CCN(Cc3cc(Cl)cn4ccnc34)CC2)c2ccccc21. The number of fused-ring (bicyclic) bond motifs is 2. The van der Waals surface area contributed by atoms with Crippen LogP contribution in [0.4, 0.5) is 0 Å². The van der Waals surface area contributed by atoms with E-state index < -0.39 is 0 Å². The Balaban J connectivity index is 1.37. The number of likely N-dealkylation sites (tertiary alicyclic amines) is 1. The first-order valence-electron chi connectivity index (χ1n) is 9.61. The van der Waals surface area contributed by atoms with Gasteiger partial charge in [0.05, 0.1) is 16.1 Å². The second kappa shape index (κ2) is 6.79. The van der Waals surface area contributed by atoms with Crippen LogP contribution in [-0.2, 0) is 13.6 Å². The number of piperidine rings is 1. The lowest BCUT2D eigenvalue weighted by Gasteiger charge is -2.32. The fourth-order valence-electron chi connectivity index (χ4n) is 4.43. The third kappa shape index (κ3) is 2.84. The highest BCUT2D eigenvalue weighted by Gasteiger charge is 2.25. The van der Waals surface area contributed by atoms with Gasteiger partial charge in [-0.3, -0.25) is 14.0 Å². The minimum absolute atomic E-state index is 0.0774. The molecule has 3 aromatic heterocycles. The molecule has 1 aromatic carbocycles. The Bertz CT molecular complexity index is 1210.